The molecule has 0 unspecified atom stereocenters. The minimum Gasteiger partial charge on any atom is -0.478 e. The molecule has 3 aromatic rings. The van der Waals surface area contributed by atoms with Crippen LogP contribution in [-0.2, 0) is 10.0 Å². The van der Waals surface area contributed by atoms with Crippen molar-refractivity contribution in [3.8, 4) is 11.3 Å². The third-order valence-electron chi connectivity index (χ3n) is 3.72. The van der Waals surface area contributed by atoms with Gasteiger partial charge in [-0.05, 0) is 30.3 Å². The Morgan fingerprint density at radius 2 is 1.88 bits per heavy atom. The molecule has 136 valence electrons. The predicted molar refractivity (Wildman–Crippen MR) is 103 cm³/mol. The van der Waals surface area contributed by atoms with Gasteiger partial charge < -0.3 is 5.11 Å². The molecule has 26 heavy (non-hydrogen) atoms. The molecule has 0 saturated heterocycles. The van der Waals surface area contributed by atoms with Crippen molar-refractivity contribution >= 4 is 61.4 Å². The SMILES string of the molecule is CN(C)S(=O)(=O)c1ccc2nc(-c3cc(Cl)sc3Cl)cc(C(=O)O)c2c1. The number of aromatic nitrogens is 1. The molecule has 0 fully saturated rings. The summed E-state index contributed by atoms with van der Waals surface area (Å²) in [4.78, 5) is 16.2. The quantitative estimate of drug-likeness (QED) is 0.669. The van der Waals surface area contributed by atoms with Crippen LogP contribution in [0.5, 0.6) is 0 Å². The number of hydrogen-bond acceptors (Lipinski definition) is 5. The van der Waals surface area contributed by atoms with Gasteiger partial charge >= 0.3 is 5.97 Å². The Bertz CT molecular complexity index is 1140. The lowest BCUT2D eigenvalue weighted by molar-refractivity contribution is 0.0699. The number of carboxylic acids is 1. The van der Waals surface area contributed by atoms with Gasteiger partial charge in [-0.3, -0.25) is 0 Å². The van der Waals surface area contributed by atoms with Crippen LogP contribution >= 0.6 is 34.5 Å². The Kier molecular flexibility index (Phi) is 4.98. The maximum atomic E-state index is 12.3. The van der Waals surface area contributed by atoms with E-state index in [2.05, 4.69) is 4.98 Å². The Hall–Kier alpha value is -1.71. The number of thiophene rings is 1. The molecular formula is C16H12Cl2N2O4S2. The highest BCUT2D eigenvalue weighted by atomic mass is 35.5. The van der Waals surface area contributed by atoms with Gasteiger partial charge in [-0.25, -0.2) is 22.5 Å². The number of rotatable bonds is 4. The first kappa shape index (κ1) is 19.1. The number of hydrogen-bond donors (Lipinski definition) is 1. The molecule has 3 rings (SSSR count). The third-order valence-corrected chi connectivity index (χ3v) is 7.02. The maximum absolute atomic E-state index is 12.3. The standard InChI is InChI=1S/C16H12Cl2N2O4S2/c1-20(2)26(23,24)8-3-4-12-9(5-8)10(16(21)22)6-13(19-12)11-7-14(17)25-15(11)18/h3-7H,1-2H3,(H,21,22). The van der Waals surface area contributed by atoms with Crippen LogP contribution in [0.4, 0.5) is 0 Å². The first-order chi connectivity index (χ1) is 12.1. The summed E-state index contributed by atoms with van der Waals surface area (Å²) in [6, 6.07) is 7.15. The van der Waals surface area contributed by atoms with Gasteiger partial charge in [-0.1, -0.05) is 23.2 Å². The molecule has 2 aromatic heterocycles. The normalized spacial score (nSPS) is 12.0. The zero-order valence-corrected chi connectivity index (χ0v) is 16.7. The molecule has 6 nitrogen and oxygen atoms in total. The Morgan fingerprint density at radius 1 is 1.19 bits per heavy atom. The molecular weight excluding hydrogens is 419 g/mol. The van der Waals surface area contributed by atoms with E-state index in [0.29, 0.717) is 25.4 Å². The number of carbonyl (C=O) groups is 1. The number of carboxylic acid groups (broad SMARTS) is 1. The van der Waals surface area contributed by atoms with Crippen LogP contribution in [0.25, 0.3) is 22.2 Å². The number of halogens is 2. The lowest BCUT2D eigenvalue weighted by atomic mass is 10.1. The second kappa shape index (κ2) is 6.79. The van der Waals surface area contributed by atoms with E-state index in [1.54, 1.807) is 6.07 Å². The van der Waals surface area contributed by atoms with E-state index in [1.807, 2.05) is 0 Å². The number of nitrogens with zero attached hydrogens (tertiary/aromatic N) is 2. The molecule has 0 spiro atoms. The van der Waals surface area contributed by atoms with E-state index in [0.717, 1.165) is 15.6 Å². The fourth-order valence-electron chi connectivity index (χ4n) is 2.41. The van der Waals surface area contributed by atoms with Crippen molar-refractivity contribution in [1.82, 2.24) is 9.29 Å². The summed E-state index contributed by atoms with van der Waals surface area (Å²) in [5, 5.41) is 9.81. The van der Waals surface area contributed by atoms with Crippen LogP contribution in [0, 0.1) is 0 Å². The molecule has 1 N–H and O–H groups in total. The first-order valence-corrected chi connectivity index (χ1v) is 10.2. The van der Waals surface area contributed by atoms with E-state index >= 15 is 0 Å². The molecule has 0 radical (unpaired) electrons. The Labute approximate surface area is 163 Å². The summed E-state index contributed by atoms with van der Waals surface area (Å²) < 4.78 is 26.5. The van der Waals surface area contributed by atoms with Crippen molar-refractivity contribution < 1.29 is 18.3 Å². The van der Waals surface area contributed by atoms with Gasteiger partial charge in [0.15, 0.2) is 0 Å². The van der Waals surface area contributed by atoms with Gasteiger partial charge in [0.25, 0.3) is 0 Å². The van der Waals surface area contributed by atoms with Crippen molar-refractivity contribution in [2.75, 3.05) is 14.1 Å². The molecule has 0 amide bonds. The highest BCUT2D eigenvalue weighted by molar-refractivity contribution is 7.89. The third kappa shape index (κ3) is 3.30. The Balaban J connectivity index is 2.30. The highest BCUT2D eigenvalue weighted by Gasteiger charge is 2.21. The number of fused-ring (bicyclic) bond motifs is 1. The molecule has 0 bridgehead atoms. The summed E-state index contributed by atoms with van der Waals surface area (Å²) in [5.74, 6) is -1.20. The summed E-state index contributed by atoms with van der Waals surface area (Å²) in [6.45, 7) is 0. The molecule has 0 aliphatic heterocycles. The minimum atomic E-state index is -3.70. The predicted octanol–water partition coefficient (Wildman–Crippen LogP) is 4.22. The van der Waals surface area contributed by atoms with E-state index in [4.69, 9.17) is 23.2 Å². The van der Waals surface area contributed by atoms with Gasteiger partial charge in [-0.15, -0.1) is 11.3 Å². The second-order valence-electron chi connectivity index (χ2n) is 5.56. The van der Waals surface area contributed by atoms with Crippen LogP contribution in [0.1, 0.15) is 10.4 Å². The van der Waals surface area contributed by atoms with Gasteiger partial charge in [0.2, 0.25) is 10.0 Å². The summed E-state index contributed by atoms with van der Waals surface area (Å²) in [5.41, 5.74) is 1.15. The van der Waals surface area contributed by atoms with Crippen LogP contribution < -0.4 is 0 Å². The smallest absolute Gasteiger partial charge is 0.336 e. The highest BCUT2D eigenvalue weighted by Crippen LogP contribution is 2.38. The molecule has 0 aliphatic carbocycles. The van der Waals surface area contributed by atoms with Crippen molar-refractivity contribution in [3.63, 3.8) is 0 Å². The lowest BCUT2D eigenvalue weighted by Crippen LogP contribution is -2.22. The monoisotopic (exact) mass is 430 g/mol. The lowest BCUT2D eigenvalue weighted by Gasteiger charge is -2.13. The summed E-state index contributed by atoms with van der Waals surface area (Å²) >= 11 is 13.3. The number of sulfonamides is 1. The van der Waals surface area contributed by atoms with Crippen LogP contribution in [-0.4, -0.2) is 42.9 Å². The molecule has 10 heteroatoms. The first-order valence-electron chi connectivity index (χ1n) is 7.17. The van der Waals surface area contributed by atoms with Crippen molar-refractivity contribution in [2.24, 2.45) is 0 Å². The van der Waals surface area contributed by atoms with Crippen LogP contribution in [0.3, 0.4) is 0 Å². The minimum absolute atomic E-state index is 0.0105. The van der Waals surface area contributed by atoms with Crippen molar-refractivity contribution in [3.05, 3.63) is 44.6 Å². The molecule has 0 atom stereocenters. The van der Waals surface area contributed by atoms with Crippen LogP contribution in [0.2, 0.25) is 8.67 Å². The molecule has 2 heterocycles. The van der Waals surface area contributed by atoms with Crippen molar-refractivity contribution in [1.29, 1.82) is 0 Å². The number of aromatic carboxylic acids is 1. The van der Waals surface area contributed by atoms with Gasteiger partial charge in [0.1, 0.15) is 4.34 Å². The molecule has 0 saturated carbocycles. The summed E-state index contributed by atoms with van der Waals surface area (Å²) in [7, 11) is -0.893. The molecule has 0 aliphatic rings. The van der Waals surface area contributed by atoms with Crippen LogP contribution in [0.15, 0.2) is 35.2 Å². The zero-order chi connectivity index (χ0) is 19.2. The topological polar surface area (TPSA) is 87.6 Å². The van der Waals surface area contributed by atoms with E-state index in [-0.39, 0.29) is 15.8 Å². The summed E-state index contributed by atoms with van der Waals surface area (Å²) in [6.07, 6.45) is 0. The average molecular weight is 431 g/mol. The average Bonchev–Trinajstić information content (AvgIpc) is 2.91. The van der Waals surface area contributed by atoms with E-state index in [9.17, 15) is 18.3 Å². The van der Waals surface area contributed by atoms with Gasteiger partial charge in [0.05, 0.1) is 26.0 Å². The van der Waals surface area contributed by atoms with Gasteiger partial charge in [0, 0.05) is 25.0 Å². The largest absolute Gasteiger partial charge is 0.478 e. The number of pyridine rings is 1. The van der Waals surface area contributed by atoms with Gasteiger partial charge in [-0.2, -0.15) is 0 Å². The fraction of sp³-hybridized carbons (Fsp3) is 0.125. The van der Waals surface area contributed by atoms with Crippen molar-refractivity contribution in [2.45, 2.75) is 4.90 Å². The fourth-order valence-corrected chi connectivity index (χ4v) is 4.82. The Morgan fingerprint density at radius 3 is 2.42 bits per heavy atom. The van der Waals surface area contributed by atoms with E-state index in [1.165, 1.54) is 38.4 Å². The van der Waals surface area contributed by atoms with E-state index < -0.39 is 16.0 Å². The zero-order valence-electron chi connectivity index (χ0n) is 13.5. The maximum Gasteiger partial charge on any atom is 0.336 e. The number of benzene rings is 1. The molecule has 1 aromatic carbocycles. The second-order valence-corrected chi connectivity index (χ2v) is 10.0.